The van der Waals surface area contributed by atoms with Crippen molar-refractivity contribution in [3.63, 3.8) is 0 Å². The van der Waals surface area contributed by atoms with Crippen LogP contribution in [0.15, 0.2) is 24.4 Å². The molecule has 1 amide bonds. The molecule has 0 saturated heterocycles. The number of carbonyl (C=O) groups excluding carboxylic acids is 1. The maximum absolute atomic E-state index is 11.6. The van der Waals surface area contributed by atoms with Gasteiger partial charge in [-0.05, 0) is 36.2 Å². The van der Waals surface area contributed by atoms with Gasteiger partial charge in [-0.2, -0.15) is 4.98 Å². The zero-order valence-corrected chi connectivity index (χ0v) is 13.3. The molecule has 1 heterocycles. The summed E-state index contributed by atoms with van der Waals surface area (Å²) in [6.07, 6.45) is 1.42. The highest BCUT2D eigenvalue weighted by Gasteiger charge is 2.13. The van der Waals surface area contributed by atoms with Gasteiger partial charge in [-0.15, -0.1) is 0 Å². The number of hydrogen-bond acceptors (Lipinski definition) is 4. The van der Waals surface area contributed by atoms with Crippen LogP contribution < -0.4 is 10.2 Å². The van der Waals surface area contributed by atoms with E-state index >= 15 is 0 Å². The Labute approximate surface area is 132 Å². The van der Waals surface area contributed by atoms with E-state index in [1.54, 1.807) is 11.9 Å². The van der Waals surface area contributed by atoms with Crippen molar-refractivity contribution in [3.8, 4) is 0 Å². The number of nitrogens with zero attached hydrogens (tertiary/aromatic N) is 3. The van der Waals surface area contributed by atoms with E-state index in [2.05, 4.69) is 15.3 Å². The monoisotopic (exact) mass is 324 g/mol. The minimum Gasteiger partial charge on any atom is -0.337 e. The van der Waals surface area contributed by atoms with Gasteiger partial charge >= 0.3 is 0 Å². The van der Waals surface area contributed by atoms with Gasteiger partial charge in [0, 0.05) is 14.0 Å². The van der Waals surface area contributed by atoms with E-state index in [-0.39, 0.29) is 11.2 Å². The summed E-state index contributed by atoms with van der Waals surface area (Å²) in [5.74, 6) is 0.314. The lowest BCUT2D eigenvalue weighted by Crippen LogP contribution is -2.23. The maximum Gasteiger partial charge on any atom is 0.224 e. The van der Waals surface area contributed by atoms with Crippen molar-refractivity contribution in [2.45, 2.75) is 13.8 Å². The maximum atomic E-state index is 11.6. The van der Waals surface area contributed by atoms with Gasteiger partial charge in [0.15, 0.2) is 5.82 Å². The molecule has 0 spiro atoms. The second kappa shape index (κ2) is 6.28. The average Bonchev–Trinajstić information content (AvgIpc) is 2.43. The van der Waals surface area contributed by atoms with Crippen molar-refractivity contribution in [2.24, 2.45) is 0 Å². The highest BCUT2D eigenvalue weighted by atomic mass is 35.5. The summed E-state index contributed by atoms with van der Waals surface area (Å²) in [6.45, 7) is 3.45. The van der Waals surface area contributed by atoms with Gasteiger partial charge in [0.25, 0.3) is 0 Å². The molecule has 0 unspecified atom stereocenters. The fourth-order valence-electron chi connectivity index (χ4n) is 1.76. The number of carbonyl (C=O) groups is 1. The van der Waals surface area contributed by atoms with E-state index in [0.717, 1.165) is 11.3 Å². The van der Waals surface area contributed by atoms with Crippen molar-refractivity contribution in [2.75, 3.05) is 17.3 Å². The lowest BCUT2D eigenvalue weighted by atomic mass is 10.1. The van der Waals surface area contributed by atoms with E-state index < -0.39 is 0 Å². The van der Waals surface area contributed by atoms with E-state index in [9.17, 15) is 4.79 Å². The van der Waals surface area contributed by atoms with E-state index in [0.29, 0.717) is 16.5 Å². The van der Waals surface area contributed by atoms with Crippen LogP contribution in [0.4, 0.5) is 17.2 Å². The normalized spacial score (nSPS) is 10.3. The van der Waals surface area contributed by atoms with Gasteiger partial charge in [0.05, 0.1) is 17.6 Å². The quantitative estimate of drug-likeness (QED) is 0.872. The smallest absolute Gasteiger partial charge is 0.224 e. The molecule has 5 nitrogen and oxygen atoms in total. The number of amides is 1. The van der Waals surface area contributed by atoms with Crippen LogP contribution in [0, 0.1) is 6.92 Å². The van der Waals surface area contributed by atoms with Crippen LogP contribution in [0.1, 0.15) is 12.5 Å². The first-order valence-corrected chi connectivity index (χ1v) is 6.94. The number of benzene rings is 1. The van der Waals surface area contributed by atoms with Crippen LogP contribution in [-0.2, 0) is 4.79 Å². The molecule has 0 bridgehead atoms. The van der Waals surface area contributed by atoms with Gasteiger partial charge in [-0.1, -0.05) is 17.7 Å². The Hall–Kier alpha value is -1.85. The summed E-state index contributed by atoms with van der Waals surface area (Å²) in [4.78, 5) is 21.0. The SMILES string of the molecule is CC(=O)N(C)c1cc(C)ccc1Nc1nc(Cl)ncc1Cl. The van der Waals surface area contributed by atoms with Gasteiger partial charge in [-0.25, -0.2) is 4.98 Å². The number of rotatable bonds is 3. The third-order valence-electron chi connectivity index (χ3n) is 2.95. The highest BCUT2D eigenvalue weighted by Crippen LogP contribution is 2.31. The topological polar surface area (TPSA) is 58.1 Å². The minimum absolute atomic E-state index is 0.0736. The van der Waals surface area contributed by atoms with E-state index in [4.69, 9.17) is 23.2 Å². The Bertz CT molecular complexity index is 691. The van der Waals surface area contributed by atoms with Gasteiger partial charge in [0.1, 0.15) is 5.02 Å². The second-order valence-electron chi connectivity index (χ2n) is 4.56. The average molecular weight is 325 g/mol. The largest absolute Gasteiger partial charge is 0.337 e. The fraction of sp³-hybridized carbons (Fsp3) is 0.214. The Balaban J connectivity index is 2.44. The van der Waals surface area contributed by atoms with Crippen LogP contribution in [0.2, 0.25) is 10.3 Å². The molecular formula is C14H14Cl2N4O. The first-order chi connectivity index (χ1) is 9.88. The minimum atomic E-state index is -0.0736. The summed E-state index contributed by atoms with van der Waals surface area (Å²) in [5, 5.41) is 3.52. The predicted molar refractivity (Wildman–Crippen MR) is 85.6 cm³/mol. The van der Waals surface area contributed by atoms with Crippen LogP contribution in [-0.4, -0.2) is 22.9 Å². The number of halogens is 2. The molecule has 0 aliphatic rings. The van der Waals surface area contributed by atoms with Crippen molar-refractivity contribution in [3.05, 3.63) is 40.3 Å². The second-order valence-corrected chi connectivity index (χ2v) is 5.30. The van der Waals surface area contributed by atoms with Gasteiger partial charge in [0.2, 0.25) is 11.2 Å². The Morgan fingerprint density at radius 1 is 1.33 bits per heavy atom. The molecule has 0 saturated carbocycles. The van der Waals surface area contributed by atoms with Gasteiger partial charge < -0.3 is 10.2 Å². The third-order valence-corrected chi connectivity index (χ3v) is 3.41. The molecule has 1 aromatic carbocycles. The molecule has 0 aliphatic heterocycles. The Morgan fingerprint density at radius 2 is 2.05 bits per heavy atom. The standard InChI is InChI=1S/C14H14Cl2N4O/c1-8-4-5-11(12(6-8)20(3)9(2)21)18-13-10(15)7-17-14(16)19-13/h4-7H,1-3H3,(H,17,18,19). The molecule has 0 atom stereocenters. The molecule has 1 aromatic heterocycles. The summed E-state index contributed by atoms with van der Waals surface area (Å²) in [5.41, 5.74) is 2.47. The molecule has 7 heteroatoms. The number of aryl methyl sites for hydroxylation is 1. The summed E-state index contributed by atoms with van der Waals surface area (Å²) in [6, 6.07) is 5.69. The molecule has 0 aliphatic carbocycles. The summed E-state index contributed by atoms with van der Waals surface area (Å²) < 4.78 is 0. The summed E-state index contributed by atoms with van der Waals surface area (Å²) >= 11 is 11.8. The molecule has 2 aromatic rings. The van der Waals surface area contributed by atoms with E-state index in [1.165, 1.54) is 13.1 Å². The lowest BCUT2D eigenvalue weighted by Gasteiger charge is -2.20. The number of nitrogens with one attached hydrogen (secondary N) is 1. The number of anilines is 3. The van der Waals surface area contributed by atoms with E-state index in [1.807, 2.05) is 25.1 Å². The zero-order chi connectivity index (χ0) is 15.6. The van der Waals surface area contributed by atoms with Crippen molar-refractivity contribution >= 4 is 46.3 Å². The molecule has 1 N–H and O–H groups in total. The molecule has 21 heavy (non-hydrogen) atoms. The van der Waals surface area contributed by atoms with Crippen molar-refractivity contribution < 1.29 is 4.79 Å². The van der Waals surface area contributed by atoms with Gasteiger partial charge in [-0.3, -0.25) is 4.79 Å². The first kappa shape index (κ1) is 15.5. The summed E-state index contributed by atoms with van der Waals surface area (Å²) in [7, 11) is 1.71. The fourth-order valence-corrected chi connectivity index (χ4v) is 2.03. The number of hydrogen-bond donors (Lipinski definition) is 1. The predicted octanol–water partition coefficient (Wildman–Crippen LogP) is 3.82. The first-order valence-electron chi connectivity index (χ1n) is 6.18. The Kier molecular flexibility index (Phi) is 4.65. The number of aromatic nitrogens is 2. The van der Waals surface area contributed by atoms with Crippen molar-refractivity contribution in [1.82, 2.24) is 9.97 Å². The molecule has 110 valence electrons. The van der Waals surface area contributed by atoms with Crippen LogP contribution in [0.25, 0.3) is 0 Å². The third kappa shape index (κ3) is 3.62. The van der Waals surface area contributed by atoms with Crippen molar-refractivity contribution in [1.29, 1.82) is 0 Å². The van der Waals surface area contributed by atoms with Crippen LogP contribution >= 0.6 is 23.2 Å². The zero-order valence-electron chi connectivity index (χ0n) is 11.8. The molecule has 0 radical (unpaired) electrons. The molecular weight excluding hydrogens is 311 g/mol. The molecule has 0 fully saturated rings. The molecule has 2 rings (SSSR count). The highest BCUT2D eigenvalue weighted by molar-refractivity contribution is 6.33. The van der Waals surface area contributed by atoms with Crippen LogP contribution in [0.5, 0.6) is 0 Å². The Morgan fingerprint density at radius 3 is 2.71 bits per heavy atom. The lowest BCUT2D eigenvalue weighted by molar-refractivity contribution is -0.116. The van der Waals surface area contributed by atoms with Crippen LogP contribution in [0.3, 0.4) is 0 Å².